The van der Waals surface area contributed by atoms with Crippen molar-refractivity contribution in [2.24, 2.45) is 0 Å². The van der Waals surface area contributed by atoms with Crippen LogP contribution in [0.5, 0.6) is 11.5 Å². The van der Waals surface area contributed by atoms with Crippen LogP contribution in [0.4, 0.5) is 10.2 Å². The van der Waals surface area contributed by atoms with E-state index in [1.807, 2.05) is 0 Å². The SMILES string of the molecule is CNS(=O)(=O)n1nc(C)c2c1CCCOc1ccc(F)cc1COc1cc-2cnc1N. The second-order valence-corrected chi connectivity index (χ2v) is 8.76. The molecule has 164 valence electrons. The van der Waals surface area contributed by atoms with Crippen molar-refractivity contribution in [3.63, 3.8) is 0 Å². The van der Waals surface area contributed by atoms with Crippen LogP contribution in [0, 0.1) is 12.7 Å². The number of benzene rings is 1. The van der Waals surface area contributed by atoms with Crippen LogP contribution in [0.2, 0.25) is 0 Å². The number of anilines is 1. The van der Waals surface area contributed by atoms with Crippen LogP contribution < -0.4 is 19.9 Å². The zero-order chi connectivity index (χ0) is 22.2. The Kier molecular flexibility index (Phi) is 5.54. The molecule has 2 bridgehead atoms. The molecule has 1 aliphatic rings. The number of halogens is 1. The molecule has 2 aromatic heterocycles. The third-order valence-corrected chi connectivity index (χ3v) is 6.27. The summed E-state index contributed by atoms with van der Waals surface area (Å²) in [6, 6.07) is 5.88. The van der Waals surface area contributed by atoms with Crippen molar-refractivity contribution in [3.8, 4) is 22.6 Å². The molecule has 0 spiro atoms. The molecule has 3 aromatic rings. The highest BCUT2D eigenvalue weighted by molar-refractivity contribution is 7.87. The summed E-state index contributed by atoms with van der Waals surface area (Å²) in [6.07, 6.45) is 2.42. The van der Waals surface area contributed by atoms with Crippen molar-refractivity contribution < 1.29 is 22.3 Å². The second kappa shape index (κ2) is 8.16. The van der Waals surface area contributed by atoms with E-state index < -0.39 is 16.0 Å². The van der Waals surface area contributed by atoms with Crippen LogP contribution in [0.3, 0.4) is 0 Å². The molecule has 1 aliphatic heterocycles. The number of nitrogens with one attached hydrogen (secondary N) is 1. The van der Waals surface area contributed by atoms with Gasteiger partial charge in [-0.15, -0.1) is 4.09 Å². The van der Waals surface area contributed by atoms with Gasteiger partial charge in [0.05, 0.1) is 18.0 Å². The number of hydrogen-bond donors (Lipinski definition) is 2. The fourth-order valence-electron chi connectivity index (χ4n) is 3.52. The Morgan fingerprint density at radius 1 is 1.23 bits per heavy atom. The molecule has 3 N–H and O–H groups in total. The summed E-state index contributed by atoms with van der Waals surface area (Å²) < 4.78 is 53.8. The van der Waals surface area contributed by atoms with Crippen LogP contribution in [0.25, 0.3) is 11.1 Å². The summed E-state index contributed by atoms with van der Waals surface area (Å²) in [5, 5.41) is 4.25. The Morgan fingerprint density at radius 3 is 2.81 bits per heavy atom. The molecular formula is C20H22FN5O4S. The lowest BCUT2D eigenvalue weighted by Gasteiger charge is -2.13. The third kappa shape index (κ3) is 4.06. The molecule has 0 saturated carbocycles. The maximum atomic E-state index is 13.8. The summed E-state index contributed by atoms with van der Waals surface area (Å²) in [4.78, 5) is 4.20. The van der Waals surface area contributed by atoms with Gasteiger partial charge >= 0.3 is 10.2 Å². The van der Waals surface area contributed by atoms with Gasteiger partial charge in [0.25, 0.3) is 0 Å². The standard InChI is InChI=1S/C20H22FN5O4S/c1-12-19-13-9-18(20(22)24-10-13)30-11-14-8-15(21)5-6-17(14)29-7-3-4-16(19)26(25-12)31(27,28)23-2/h5-6,8-10,23H,3-4,7,11H2,1-2H3,(H2,22,24). The number of aryl methyl sites for hydroxylation is 1. The minimum Gasteiger partial charge on any atom is -0.493 e. The first-order chi connectivity index (χ1) is 14.8. The van der Waals surface area contributed by atoms with E-state index >= 15 is 0 Å². The number of hydrogen-bond acceptors (Lipinski definition) is 7. The molecule has 0 unspecified atom stereocenters. The maximum Gasteiger partial charge on any atom is 0.320 e. The number of rotatable bonds is 2. The van der Waals surface area contributed by atoms with Gasteiger partial charge in [0.15, 0.2) is 11.6 Å². The van der Waals surface area contributed by atoms with Gasteiger partial charge in [0.2, 0.25) is 0 Å². The normalized spacial score (nSPS) is 14.2. The number of pyridine rings is 1. The average molecular weight is 447 g/mol. The molecular weight excluding hydrogens is 425 g/mol. The first-order valence-corrected chi connectivity index (χ1v) is 11.1. The Morgan fingerprint density at radius 2 is 2.03 bits per heavy atom. The largest absolute Gasteiger partial charge is 0.493 e. The van der Waals surface area contributed by atoms with E-state index in [2.05, 4.69) is 14.8 Å². The van der Waals surface area contributed by atoms with Crippen LogP contribution in [-0.2, 0) is 23.2 Å². The molecule has 3 heterocycles. The van der Waals surface area contributed by atoms with E-state index in [1.54, 1.807) is 19.2 Å². The van der Waals surface area contributed by atoms with Gasteiger partial charge in [-0.1, -0.05) is 0 Å². The predicted molar refractivity (Wildman–Crippen MR) is 113 cm³/mol. The van der Waals surface area contributed by atoms with Gasteiger partial charge in [0, 0.05) is 29.9 Å². The predicted octanol–water partition coefficient (Wildman–Crippen LogP) is 2.19. The van der Waals surface area contributed by atoms with Crippen molar-refractivity contribution in [1.82, 2.24) is 18.9 Å². The number of aromatic nitrogens is 3. The lowest BCUT2D eigenvalue weighted by atomic mass is 10.0. The molecule has 4 rings (SSSR count). The van der Waals surface area contributed by atoms with Gasteiger partial charge in [-0.05, 0) is 44.0 Å². The summed E-state index contributed by atoms with van der Waals surface area (Å²) in [6.45, 7) is 2.05. The topological polar surface area (TPSA) is 121 Å². The Balaban J connectivity index is 1.86. The monoisotopic (exact) mass is 447 g/mol. The van der Waals surface area contributed by atoms with Gasteiger partial charge in [0.1, 0.15) is 18.2 Å². The van der Waals surface area contributed by atoms with Crippen molar-refractivity contribution in [3.05, 3.63) is 53.2 Å². The van der Waals surface area contributed by atoms with Crippen molar-refractivity contribution in [2.45, 2.75) is 26.4 Å². The van der Waals surface area contributed by atoms with Gasteiger partial charge < -0.3 is 15.2 Å². The van der Waals surface area contributed by atoms with Crippen molar-refractivity contribution >= 4 is 16.0 Å². The van der Waals surface area contributed by atoms with Crippen molar-refractivity contribution in [1.29, 1.82) is 0 Å². The molecule has 0 saturated heterocycles. The van der Waals surface area contributed by atoms with Gasteiger partial charge in [-0.25, -0.2) is 9.37 Å². The highest BCUT2D eigenvalue weighted by Gasteiger charge is 2.25. The van der Waals surface area contributed by atoms with Crippen LogP contribution in [0.1, 0.15) is 23.4 Å². The number of nitrogen functional groups attached to an aromatic ring is 1. The number of nitrogens with two attached hydrogens (primary N) is 1. The van der Waals surface area contributed by atoms with E-state index in [0.29, 0.717) is 59.0 Å². The molecule has 9 nitrogen and oxygen atoms in total. The minimum atomic E-state index is -3.85. The molecule has 0 radical (unpaired) electrons. The minimum absolute atomic E-state index is 0.0294. The van der Waals surface area contributed by atoms with E-state index in [4.69, 9.17) is 15.2 Å². The van der Waals surface area contributed by atoms with E-state index in [-0.39, 0.29) is 12.4 Å². The first kappa shape index (κ1) is 21.1. The number of fused-ring (bicyclic) bond motifs is 5. The van der Waals surface area contributed by atoms with Gasteiger partial charge in [-0.3, -0.25) is 0 Å². The molecule has 31 heavy (non-hydrogen) atoms. The summed E-state index contributed by atoms with van der Waals surface area (Å²) in [5.41, 5.74) is 8.78. The van der Waals surface area contributed by atoms with E-state index in [9.17, 15) is 12.8 Å². The Bertz CT molecular complexity index is 1240. The molecule has 11 heteroatoms. The Labute approximate surface area is 179 Å². The maximum absolute atomic E-state index is 13.8. The first-order valence-electron chi connectivity index (χ1n) is 9.62. The molecule has 1 aromatic carbocycles. The van der Waals surface area contributed by atoms with Crippen LogP contribution in [0.15, 0.2) is 30.5 Å². The number of ether oxygens (including phenoxy) is 2. The second-order valence-electron chi connectivity index (χ2n) is 7.06. The fraction of sp³-hybridized carbons (Fsp3) is 0.300. The molecule has 0 atom stereocenters. The fourth-order valence-corrected chi connectivity index (χ4v) is 4.39. The molecule has 0 amide bonds. The Hall–Kier alpha value is -3.18. The lowest BCUT2D eigenvalue weighted by molar-refractivity contribution is 0.276. The zero-order valence-electron chi connectivity index (χ0n) is 17.1. The summed E-state index contributed by atoms with van der Waals surface area (Å²) >= 11 is 0. The summed E-state index contributed by atoms with van der Waals surface area (Å²) in [5.74, 6) is 0.528. The zero-order valence-corrected chi connectivity index (χ0v) is 17.9. The molecule has 0 aliphatic carbocycles. The highest BCUT2D eigenvalue weighted by atomic mass is 32.2. The lowest BCUT2D eigenvalue weighted by Crippen LogP contribution is -2.29. The van der Waals surface area contributed by atoms with E-state index in [1.165, 1.54) is 25.2 Å². The summed E-state index contributed by atoms with van der Waals surface area (Å²) in [7, 11) is -2.52. The van der Waals surface area contributed by atoms with Crippen LogP contribution >= 0.6 is 0 Å². The van der Waals surface area contributed by atoms with E-state index in [0.717, 1.165) is 4.09 Å². The van der Waals surface area contributed by atoms with Crippen molar-refractivity contribution in [2.75, 3.05) is 19.4 Å². The number of nitrogens with zero attached hydrogens (tertiary/aromatic N) is 3. The molecule has 0 fully saturated rings. The average Bonchev–Trinajstić information content (AvgIpc) is 3.08. The third-order valence-electron chi connectivity index (χ3n) is 5.00. The quantitative estimate of drug-likeness (QED) is 0.618. The van der Waals surface area contributed by atoms with Crippen LogP contribution in [-0.4, -0.2) is 36.2 Å². The van der Waals surface area contributed by atoms with Gasteiger partial charge in [-0.2, -0.15) is 18.2 Å². The smallest absolute Gasteiger partial charge is 0.320 e. The highest BCUT2D eigenvalue weighted by Crippen LogP contribution is 2.34.